The highest BCUT2D eigenvalue weighted by atomic mass is 16.3. The van der Waals surface area contributed by atoms with Crippen LogP contribution in [-0.4, -0.2) is 26.5 Å². The molecule has 0 bridgehead atoms. The van der Waals surface area contributed by atoms with Crippen molar-refractivity contribution in [2.24, 2.45) is 12.1 Å². The van der Waals surface area contributed by atoms with Crippen molar-refractivity contribution in [1.29, 1.82) is 0 Å². The van der Waals surface area contributed by atoms with Crippen LogP contribution < -0.4 is 5.43 Å². The Morgan fingerprint density at radius 2 is 1.80 bits per heavy atom. The van der Waals surface area contributed by atoms with E-state index >= 15 is 0 Å². The van der Waals surface area contributed by atoms with Crippen molar-refractivity contribution >= 4 is 11.6 Å². The second kappa shape index (κ2) is 8.14. The second-order valence-corrected chi connectivity index (χ2v) is 8.50. The van der Waals surface area contributed by atoms with Gasteiger partial charge in [-0.25, -0.2) is 5.43 Å². The number of rotatable bonds is 4. The number of hydrogen-bond donors (Lipinski definition) is 2. The van der Waals surface area contributed by atoms with Crippen LogP contribution in [0.5, 0.6) is 5.75 Å². The fourth-order valence-electron chi connectivity index (χ4n) is 3.25. The van der Waals surface area contributed by atoms with Gasteiger partial charge >= 0.3 is 0 Å². The average Bonchev–Trinajstić information content (AvgIpc) is 2.99. The summed E-state index contributed by atoms with van der Waals surface area (Å²) < 4.78 is 1.62. The van der Waals surface area contributed by atoms with E-state index < -0.39 is 0 Å². The first-order valence-corrected chi connectivity index (χ1v) is 9.86. The molecule has 0 saturated heterocycles. The van der Waals surface area contributed by atoms with Gasteiger partial charge in [0.2, 0.25) is 0 Å². The summed E-state index contributed by atoms with van der Waals surface area (Å²) in [5, 5.41) is 19.3. The molecule has 1 amide bonds. The van der Waals surface area contributed by atoms with Gasteiger partial charge in [0.05, 0.1) is 5.71 Å². The highest BCUT2D eigenvalue weighted by Crippen LogP contribution is 2.33. The first kappa shape index (κ1) is 21.3. The monoisotopic (exact) mass is 404 g/mol. The molecule has 0 spiro atoms. The highest BCUT2D eigenvalue weighted by Gasteiger charge is 2.20. The zero-order valence-electron chi connectivity index (χ0n) is 18.3. The summed E-state index contributed by atoms with van der Waals surface area (Å²) in [6.07, 6.45) is 0. The highest BCUT2D eigenvalue weighted by molar-refractivity contribution is 6.02. The minimum Gasteiger partial charge on any atom is -0.504 e. The molecule has 2 aromatic carbocycles. The maximum absolute atomic E-state index is 12.3. The van der Waals surface area contributed by atoms with Crippen molar-refractivity contribution in [3.63, 3.8) is 0 Å². The van der Waals surface area contributed by atoms with E-state index in [4.69, 9.17) is 0 Å². The fraction of sp³-hybridized carbons (Fsp3) is 0.292. The molecular formula is C24H28N4O2. The van der Waals surface area contributed by atoms with Gasteiger partial charge in [-0.1, -0.05) is 62.7 Å². The molecule has 0 aliphatic carbocycles. The summed E-state index contributed by atoms with van der Waals surface area (Å²) >= 11 is 0. The molecule has 156 valence electrons. The molecule has 2 N–H and O–H groups in total. The lowest BCUT2D eigenvalue weighted by Crippen LogP contribution is -2.19. The number of hydrazone groups is 1. The molecule has 3 aromatic rings. The predicted octanol–water partition coefficient (Wildman–Crippen LogP) is 4.55. The maximum Gasteiger partial charge on any atom is 0.271 e. The molecule has 0 radical (unpaired) electrons. The van der Waals surface area contributed by atoms with E-state index in [1.165, 1.54) is 5.56 Å². The van der Waals surface area contributed by atoms with Crippen LogP contribution >= 0.6 is 0 Å². The molecule has 0 unspecified atom stereocenters. The van der Waals surface area contributed by atoms with Crippen molar-refractivity contribution in [3.05, 3.63) is 70.9 Å². The maximum atomic E-state index is 12.3. The molecule has 0 atom stereocenters. The van der Waals surface area contributed by atoms with Gasteiger partial charge in [0.1, 0.15) is 5.69 Å². The van der Waals surface area contributed by atoms with Gasteiger partial charge < -0.3 is 5.11 Å². The quantitative estimate of drug-likeness (QED) is 0.494. The van der Waals surface area contributed by atoms with Crippen LogP contribution in [-0.2, 0) is 12.5 Å². The number of benzene rings is 2. The van der Waals surface area contributed by atoms with Crippen LogP contribution in [0.1, 0.15) is 54.9 Å². The Labute approximate surface area is 177 Å². The Morgan fingerprint density at radius 3 is 2.40 bits per heavy atom. The largest absolute Gasteiger partial charge is 0.504 e. The normalized spacial score (nSPS) is 12.1. The van der Waals surface area contributed by atoms with E-state index in [9.17, 15) is 9.90 Å². The summed E-state index contributed by atoms with van der Waals surface area (Å²) in [5.74, 6) is -0.279. The van der Waals surface area contributed by atoms with E-state index in [1.807, 2.05) is 31.2 Å². The topological polar surface area (TPSA) is 79.5 Å². The smallest absolute Gasteiger partial charge is 0.271 e. The molecule has 1 aromatic heterocycles. The summed E-state index contributed by atoms with van der Waals surface area (Å²) in [6, 6.07) is 15.3. The fourth-order valence-corrected chi connectivity index (χ4v) is 3.25. The number of amides is 1. The Hall–Kier alpha value is -3.41. The number of hydrogen-bond acceptors (Lipinski definition) is 4. The summed E-state index contributed by atoms with van der Waals surface area (Å²) in [4.78, 5) is 12.3. The first-order valence-electron chi connectivity index (χ1n) is 9.86. The molecular weight excluding hydrogens is 376 g/mol. The molecule has 6 nitrogen and oxygen atoms in total. The minimum absolute atomic E-state index is 0.0343. The third-order valence-electron chi connectivity index (χ3n) is 4.99. The van der Waals surface area contributed by atoms with Gasteiger partial charge in [-0.2, -0.15) is 10.2 Å². The van der Waals surface area contributed by atoms with E-state index in [-0.39, 0.29) is 17.1 Å². The lowest BCUT2D eigenvalue weighted by molar-refractivity contribution is 0.0954. The van der Waals surface area contributed by atoms with Crippen LogP contribution in [0.4, 0.5) is 0 Å². The van der Waals surface area contributed by atoms with Gasteiger partial charge in [0.15, 0.2) is 11.4 Å². The van der Waals surface area contributed by atoms with Crippen LogP contribution in [0, 0.1) is 6.92 Å². The number of nitrogens with one attached hydrogen (secondary N) is 1. The van der Waals surface area contributed by atoms with Crippen LogP contribution in [0.25, 0.3) is 11.3 Å². The number of nitrogens with zero attached hydrogens (tertiary/aromatic N) is 3. The number of carbonyl (C=O) groups excluding carboxylic acids is 1. The average molecular weight is 405 g/mol. The summed E-state index contributed by atoms with van der Waals surface area (Å²) in [5.41, 5.74) is 7.53. The number of aromatic nitrogens is 2. The third kappa shape index (κ3) is 4.43. The van der Waals surface area contributed by atoms with Crippen LogP contribution in [0.2, 0.25) is 0 Å². The molecule has 3 rings (SSSR count). The van der Waals surface area contributed by atoms with Gasteiger partial charge in [-0.15, -0.1) is 0 Å². The van der Waals surface area contributed by atoms with Gasteiger partial charge in [-0.3, -0.25) is 9.48 Å². The molecule has 30 heavy (non-hydrogen) atoms. The molecule has 0 aliphatic rings. The van der Waals surface area contributed by atoms with E-state index in [1.54, 1.807) is 30.8 Å². The number of aromatic hydroxyl groups is 1. The van der Waals surface area contributed by atoms with E-state index in [0.717, 1.165) is 11.1 Å². The molecule has 0 fully saturated rings. The third-order valence-corrected chi connectivity index (χ3v) is 4.99. The standard InChI is InChI=1S/C24H28N4O2/c1-15-8-7-9-18(14-15)23(30)26-25-16(2)20-22(29)21(28(6)27-20)17-10-12-19(13-11-17)24(3,4)5/h7-14,29H,1-6H3,(H,26,30)/b25-16+. The molecule has 0 saturated carbocycles. The zero-order valence-corrected chi connectivity index (χ0v) is 18.3. The summed E-state index contributed by atoms with van der Waals surface area (Å²) in [6.45, 7) is 10.1. The molecule has 0 aliphatic heterocycles. The van der Waals surface area contributed by atoms with Gasteiger partial charge in [0, 0.05) is 18.2 Å². The summed E-state index contributed by atoms with van der Waals surface area (Å²) in [7, 11) is 1.77. The van der Waals surface area contributed by atoms with Crippen molar-refractivity contribution in [2.75, 3.05) is 0 Å². The van der Waals surface area contributed by atoms with Crippen LogP contribution in [0.3, 0.4) is 0 Å². The Kier molecular flexibility index (Phi) is 5.78. The van der Waals surface area contributed by atoms with Crippen molar-refractivity contribution < 1.29 is 9.90 Å². The second-order valence-electron chi connectivity index (χ2n) is 8.50. The molecule has 6 heteroatoms. The van der Waals surface area contributed by atoms with E-state index in [2.05, 4.69) is 48.5 Å². The van der Waals surface area contributed by atoms with Crippen LogP contribution in [0.15, 0.2) is 53.6 Å². The lowest BCUT2D eigenvalue weighted by atomic mass is 9.86. The number of aryl methyl sites for hydroxylation is 2. The number of carbonyl (C=O) groups is 1. The SMILES string of the molecule is C/C(=N\NC(=O)c1cccc(C)c1)c1nn(C)c(-c2ccc(C(C)(C)C)cc2)c1O. The van der Waals surface area contributed by atoms with Gasteiger partial charge in [-0.05, 0) is 37.0 Å². The Morgan fingerprint density at radius 1 is 1.13 bits per heavy atom. The zero-order chi connectivity index (χ0) is 22.1. The predicted molar refractivity (Wildman–Crippen MR) is 120 cm³/mol. The molecule has 1 heterocycles. The van der Waals surface area contributed by atoms with Crippen molar-refractivity contribution in [3.8, 4) is 17.0 Å². The Bertz CT molecular complexity index is 1100. The minimum atomic E-state index is -0.313. The van der Waals surface area contributed by atoms with Crippen molar-refractivity contribution in [2.45, 2.75) is 40.0 Å². The first-order chi connectivity index (χ1) is 14.1. The Balaban J connectivity index is 1.85. The lowest BCUT2D eigenvalue weighted by Gasteiger charge is -2.19. The van der Waals surface area contributed by atoms with Crippen molar-refractivity contribution in [1.82, 2.24) is 15.2 Å². The van der Waals surface area contributed by atoms with E-state index in [0.29, 0.717) is 22.7 Å². The van der Waals surface area contributed by atoms with Gasteiger partial charge in [0.25, 0.3) is 5.91 Å².